The Kier molecular flexibility index (Phi) is 8.18. The maximum absolute atomic E-state index is 13.9. The van der Waals surface area contributed by atoms with Gasteiger partial charge < -0.3 is 9.64 Å². The van der Waals surface area contributed by atoms with Gasteiger partial charge in [0.2, 0.25) is 0 Å². The van der Waals surface area contributed by atoms with Crippen LogP contribution in [0.5, 0.6) is 5.75 Å². The van der Waals surface area contributed by atoms with Gasteiger partial charge >= 0.3 is 0 Å². The van der Waals surface area contributed by atoms with Crippen molar-refractivity contribution in [1.29, 1.82) is 0 Å². The number of fused-ring (bicyclic) bond motifs is 1. The number of hydrogen-bond acceptors (Lipinski definition) is 8. The van der Waals surface area contributed by atoms with Crippen LogP contribution in [-0.2, 0) is 11.3 Å². The number of carbonyl (C=O) groups excluding carboxylic acids is 1. The average Bonchev–Trinajstić information content (AvgIpc) is 3.57. The van der Waals surface area contributed by atoms with Crippen LogP contribution in [0.2, 0.25) is 0 Å². The second-order valence-electron chi connectivity index (χ2n) is 8.63. The molecule has 1 amide bonds. The summed E-state index contributed by atoms with van der Waals surface area (Å²) < 4.78 is 8.82. The number of thioether (sulfide) groups is 2. The third-order valence-corrected chi connectivity index (χ3v) is 10.3. The van der Waals surface area contributed by atoms with Crippen LogP contribution < -0.4 is 24.4 Å². The molecule has 0 atom stereocenters. The van der Waals surface area contributed by atoms with Gasteiger partial charge in [-0.2, -0.15) is 0 Å². The lowest BCUT2D eigenvalue weighted by Gasteiger charge is -2.18. The van der Waals surface area contributed by atoms with E-state index in [2.05, 4.69) is 30.5 Å². The van der Waals surface area contributed by atoms with E-state index < -0.39 is 0 Å². The highest BCUT2D eigenvalue weighted by Gasteiger charge is 2.33. The number of methoxy groups -OCH3 is 1. The highest BCUT2D eigenvalue weighted by molar-refractivity contribution is 8.30. The molecule has 1 saturated heterocycles. The van der Waals surface area contributed by atoms with Gasteiger partial charge in [0.05, 0.1) is 17.8 Å². The van der Waals surface area contributed by atoms with Crippen molar-refractivity contribution < 1.29 is 9.53 Å². The molecule has 2 aliphatic heterocycles. The Morgan fingerprint density at radius 2 is 1.82 bits per heavy atom. The molecule has 0 aliphatic carbocycles. The van der Waals surface area contributed by atoms with Gasteiger partial charge in [-0.3, -0.25) is 19.1 Å². The molecule has 0 N–H and O–H groups in total. The van der Waals surface area contributed by atoms with Crippen molar-refractivity contribution in [2.24, 2.45) is 0 Å². The normalized spacial score (nSPS) is 18.2. The number of ether oxygens (including phenoxy) is 1. The molecule has 2 aliphatic rings. The minimum Gasteiger partial charge on any atom is -0.497 e. The first kappa shape index (κ1) is 27.5. The second-order valence-corrected chi connectivity index (χ2v) is 12.3. The number of rotatable bonds is 7. The van der Waals surface area contributed by atoms with Gasteiger partial charge in [0.1, 0.15) is 24.2 Å². The van der Waals surface area contributed by atoms with Crippen LogP contribution in [0.1, 0.15) is 19.4 Å². The minimum absolute atomic E-state index is 0.118. The first-order valence-corrected chi connectivity index (χ1v) is 15.3. The van der Waals surface area contributed by atoms with E-state index in [0.717, 1.165) is 39.0 Å². The molecule has 1 aromatic heterocycles. The fraction of sp³-hybridized carbons (Fsp3) is 0.207. The summed E-state index contributed by atoms with van der Waals surface area (Å²) in [6.45, 7) is 9.32. The molecule has 5 rings (SSSR count). The number of hydrogen-bond donors (Lipinski definition) is 0. The van der Waals surface area contributed by atoms with Gasteiger partial charge in [-0.05, 0) is 43.7 Å². The van der Waals surface area contributed by atoms with Gasteiger partial charge in [0.15, 0.2) is 0 Å². The van der Waals surface area contributed by atoms with E-state index >= 15 is 0 Å². The molecule has 0 bridgehead atoms. The van der Waals surface area contributed by atoms with Gasteiger partial charge in [-0.15, -0.1) is 17.9 Å². The summed E-state index contributed by atoms with van der Waals surface area (Å²) in [6, 6.07) is 16.0. The predicted molar refractivity (Wildman–Crippen MR) is 168 cm³/mol. The summed E-state index contributed by atoms with van der Waals surface area (Å²) in [6.07, 6.45) is 3.75. The van der Waals surface area contributed by atoms with E-state index in [-0.39, 0.29) is 11.5 Å². The van der Waals surface area contributed by atoms with Crippen molar-refractivity contribution >= 4 is 73.5 Å². The Balaban J connectivity index is 1.77. The predicted octanol–water partition coefficient (Wildman–Crippen LogP) is 4.77. The third-order valence-electron chi connectivity index (χ3n) is 6.41. The van der Waals surface area contributed by atoms with Gasteiger partial charge in [0.25, 0.3) is 11.5 Å². The van der Waals surface area contributed by atoms with Crippen LogP contribution >= 0.6 is 47.1 Å². The number of nitrogens with zero attached hydrogens (tertiary/aromatic N) is 3. The van der Waals surface area contributed by atoms with Crippen molar-refractivity contribution in [3.05, 3.63) is 97.4 Å². The summed E-state index contributed by atoms with van der Waals surface area (Å²) >= 11 is 9.72. The Morgan fingerprint density at radius 3 is 2.49 bits per heavy atom. The van der Waals surface area contributed by atoms with Gasteiger partial charge in [-0.25, -0.2) is 0 Å². The smallest absolute Gasteiger partial charge is 0.269 e. The molecule has 1 fully saturated rings. The molecule has 10 heteroatoms. The molecule has 0 unspecified atom stereocenters. The Bertz CT molecular complexity index is 1690. The minimum atomic E-state index is -0.188. The average molecular weight is 594 g/mol. The fourth-order valence-electron chi connectivity index (χ4n) is 4.52. The molecule has 3 heterocycles. The topological polar surface area (TPSA) is 54.8 Å². The standard InChI is InChI=1S/C29H27N3O3S4/c1-5-15-32-27(34)25(39-29(32)36)28-31(7-3)26(33)24(38-28)20(18-11-9-8-10-12-18)17-23-30(6-2)21-14-13-19(35-4)16-22(21)37-23/h5,8-14,16-17H,1,6-7,15H2,2-4H3/b23-17+,24-20+,28-25-. The first-order chi connectivity index (χ1) is 18.9. The van der Waals surface area contributed by atoms with Crippen LogP contribution in [0.25, 0.3) is 10.5 Å². The highest BCUT2D eigenvalue weighted by atomic mass is 32.2. The zero-order valence-corrected chi connectivity index (χ0v) is 25.1. The van der Waals surface area contributed by atoms with Gasteiger partial charge in [0, 0.05) is 30.1 Å². The Labute approximate surface area is 245 Å². The molecule has 6 nitrogen and oxygen atoms in total. The monoisotopic (exact) mass is 593 g/mol. The maximum Gasteiger partial charge on any atom is 0.269 e. The summed E-state index contributed by atoms with van der Waals surface area (Å²) in [7, 11) is 1.67. The number of benzene rings is 2. The summed E-state index contributed by atoms with van der Waals surface area (Å²) in [5, 5.41) is 1.02. The largest absolute Gasteiger partial charge is 0.497 e. The molecular weight excluding hydrogens is 567 g/mol. The van der Waals surface area contributed by atoms with Crippen molar-refractivity contribution in [2.45, 2.75) is 25.3 Å². The van der Waals surface area contributed by atoms with Crippen molar-refractivity contribution in [1.82, 2.24) is 9.47 Å². The quantitative estimate of drug-likeness (QED) is 0.289. The molecule has 2 aromatic carbocycles. The molecule has 0 radical (unpaired) electrons. The van der Waals surface area contributed by atoms with E-state index in [0.29, 0.717) is 31.5 Å². The van der Waals surface area contributed by atoms with Crippen LogP contribution in [-0.4, -0.2) is 39.9 Å². The molecule has 39 heavy (non-hydrogen) atoms. The summed E-state index contributed by atoms with van der Waals surface area (Å²) in [5.41, 5.74) is 2.75. The molecule has 0 spiro atoms. The zero-order valence-electron chi connectivity index (χ0n) is 21.8. The lowest BCUT2D eigenvalue weighted by atomic mass is 10.1. The van der Waals surface area contributed by atoms with Gasteiger partial charge in [-0.1, -0.05) is 72.1 Å². The Hall–Kier alpha value is -3.05. The lowest BCUT2D eigenvalue weighted by Crippen LogP contribution is -2.34. The van der Waals surface area contributed by atoms with Crippen molar-refractivity contribution in [3.63, 3.8) is 0 Å². The number of anilines is 1. The summed E-state index contributed by atoms with van der Waals surface area (Å²) in [5.74, 6) is 0.617. The number of thiocarbonyl (C=S) groups is 1. The number of allylic oxidation sites excluding steroid dienone is 1. The zero-order chi connectivity index (χ0) is 27.7. The number of aromatic nitrogens is 1. The second kappa shape index (κ2) is 11.6. The van der Waals surface area contributed by atoms with Crippen LogP contribution in [0, 0.1) is 0 Å². The number of thiazole rings is 1. The van der Waals surface area contributed by atoms with E-state index in [1.807, 2.05) is 49.4 Å². The molecule has 200 valence electrons. The third kappa shape index (κ3) is 5.02. The SMILES string of the molecule is C=CCN1C(=O)/C(=c2/s/c(=C(\C=C3\Sc4cc(OC)ccc4N3CC)c3ccccc3)c(=O)n2CC)SC1=S. The lowest BCUT2D eigenvalue weighted by molar-refractivity contribution is -0.120. The van der Waals surface area contributed by atoms with Crippen LogP contribution in [0.4, 0.5) is 5.69 Å². The molecular formula is C29H27N3O3S4. The maximum atomic E-state index is 13.9. The highest BCUT2D eigenvalue weighted by Crippen LogP contribution is 2.47. The van der Waals surface area contributed by atoms with E-state index in [1.165, 1.54) is 28.0 Å². The fourth-order valence-corrected chi connectivity index (χ4v) is 8.39. The van der Waals surface area contributed by atoms with E-state index in [1.54, 1.807) is 29.5 Å². The summed E-state index contributed by atoms with van der Waals surface area (Å²) in [4.78, 5) is 32.5. The first-order valence-electron chi connectivity index (χ1n) is 12.4. The molecule has 3 aromatic rings. The number of amides is 1. The van der Waals surface area contributed by atoms with Crippen molar-refractivity contribution in [2.75, 3.05) is 25.1 Å². The van der Waals surface area contributed by atoms with Crippen molar-refractivity contribution in [3.8, 4) is 5.75 Å². The van der Waals surface area contributed by atoms with Crippen LogP contribution in [0.15, 0.2) is 82.0 Å². The Morgan fingerprint density at radius 1 is 1.05 bits per heavy atom. The van der Waals surface area contributed by atoms with E-state index in [4.69, 9.17) is 17.0 Å². The van der Waals surface area contributed by atoms with E-state index in [9.17, 15) is 9.59 Å². The van der Waals surface area contributed by atoms with Crippen LogP contribution in [0.3, 0.4) is 0 Å². The number of carbonyl (C=O) groups is 1. The molecule has 0 saturated carbocycles.